The number of rotatable bonds is 3. The van der Waals surface area contributed by atoms with E-state index in [0.29, 0.717) is 12.5 Å². The van der Waals surface area contributed by atoms with Gasteiger partial charge in [-0.05, 0) is 36.3 Å². The van der Waals surface area contributed by atoms with Crippen LogP contribution >= 0.6 is 0 Å². The average Bonchev–Trinajstić information content (AvgIpc) is 2.53. The van der Waals surface area contributed by atoms with Crippen molar-refractivity contribution >= 4 is 17.5 Å². The number of carbonyl (C=O) groups excluding carboxylic acids is 2. The second-order valence-electron chi connectivity index (χ2n) is 6.73. The fraction of sp³-hybridized carbons (Fsp3) is 0.529. The van der Waals surface area contributed by atoms with E-state index in [1.807, 2.05) is 0 Å². The Morgan fingerprint density at radius 3 is 2.52 bits per heavy atom. The fourth-order valence-corrected chi connectivity index (χ4v) is 2.79. The first kappa shape index (κ1) is 17.4. The van der Waals surface area contributed by atoms with Gasteiger partial charge < -0.3 is 10.6 Å². The summed E-state index contributed by atoms with van der Waals surface area (Å²) in [5.41, 5.74) is -0.366. The summed E-state index contributed by atoms with van der Waals surface area (Å²) in [4.78, 5) is 23.6. The molecule has 0 aliphatic heterocycles. The molecule has 0 radical (unpaired) electrons. The quantitative estimate of drug-likeness (QED) is 0.839. The minimum atomic E-state index is -1.18. The molecule has 0 aromatic heterocycles. The lowest BCUT2D eigenvalue weighted by molar-refractivity contribution is -0.136. The zero-order valence-corrected chi connectivity index (χ0v) is 13.4. The molecule has 126 valence electrons. The SMILES string of the molecule is CC1CCC(C)(CNC(=O)C(=O)Nc2cccc(F)c2F)CC1. The maximum atomic E-state index is 13.5. The van der Waals surface area contributed by atoms with E-state index >= 15 is 0 Å². The van der Waals surface area contributed by atoms with E-state index in [1.54, 1.807) is 0 Å². The molecular weight excluding hydrogens is 302 g/mol. The van der Waals surface area contributed by atoms with Crippen LogP contribution in [0.25, 0.3) is 0 Å². The van der Waals surface area contributed by atoms with Crippen LogP contribution in [0.2, 0.25) is 0 Å². The summed E-state index contributed by atoms with van der Waals surface area (Å²) >= 11 is 0. The number of nitrogens with one attached hydrogen (secondary N) is 2. The van der Waals surface area contributed by atoms with Gasteiger partial charge in [0, 0.05) is 6.54 Å². The summed E-state index contributed by atoms with van der Waals surface area (Å²) in [5, 5.41) is 4.69. The Hall–Kier alpha value is -1.98. The molecule has 1 saturated carbocycles. The summed E-state index contributed by atoms with van der Waals surface area (Å²) < 4.78 is 26.6. The highest BCUT2D eigenvalue weighted by Crippen LogP contribution is 2.37. The molecule has 0 unspecified atom stereocenters. The molecule has 0 atom stereocenters. The third-order valence-electron chi connectivity index (χ3n) is 4.56. The predicted octanol–water partition coefficient (Wildman–Crippen LogP) is 3.24. The Balaban J connectivity index is 1.88. The van der Waals surface area contributed by atoms with Crippen LogP contribution in [0.3, 0.4) is 0 Å². The number of carbonyl (C=O) groups is 2. The predicted molar refractivity (Wildman–Crippen MR) is 83.7 cm³/mol. The number of anilines is 1. The summed E-state index contributed by atoms with van der Waals surface area (Å²) in [6, 6.07) is 3.40. The Labute approximate surface area is 134 Å². The summed E-state index contributed by atoms with van der Waals surface area (Å²) in [6.45, 7) is 4.69. The van der Waals surface area contributed by atoms with Gasteiger partial charge in [0.2, 0.25) is 0 Å². The van der Waals surface area contributed by atoms with Crippen LogP contribution in [-0.4, -0.2) is 18.4 Å². The maximum absolute atomic E-state index is 13.5. The van der Waals surface area contributed by atoms with Gasteiger partial charge in [-0.2, -0.15) is 0 Å². The van der Waals surface area contributed by atoms with Crippen molar-refractivity contribution in [1.29, 1.82) is 0 Å². The molecule has 1 aliphatic rings. The third-order valence-corrected chi connectivity index (χ3v) is 4.56. The second kappa shape index (κ2) is 7.06. The summed E-state index contributed by atoms with van der Waals surface area (Å²) in [6.07, 6.45) is 4.20. The zero-order chi connectivity index (χ0) is 17.0. The average molecular weight is 324 g/mol. The van der Waals surface area contributed by atoms with Crippen molar-refractivity contribution in [3.63, 3.8) is 0 Å². The fourth-order valence-electron chi connectivity index (χ4n) is 2.79. The first-order valence-corrected chi connectivity index (χ1v) is 7.84. The van der Waals surface area contributed by atoms with E-state index < -0.39 is 23.4 Å². The van der Waals surface area contributed by atoms with Gasteiger partial charge in [-0.1, -0.05) is 32.8 Å². The molecule has 4 nitrogen and oxygen atoms in total. The molecule has 0 spiro atoms. The van der Waals surface area contributed by atoms with Crippen molar-refractivity contribution < 1.29 is 18.4 Å². The first-order chi connectivity index (χ1) is 10.8. The normalized spacial score (nSPS) is 24.1. The molecular formula is C17H22F2N2O2. The number of hydrogen-bond donors (Lipinski definition) is 2. The van der Waals surface area contributed by atoms with Crippen molar-refractivity contribution in [3.8, 4) is 0 Å². The summed E-state index contributed by atoms with van der Waals surface area (Å²) in [5.74, 6) is -3.40. The van der Waals surface area contributed by atoms with Gasteiger partial charge in [-0.25, -0.2) is 8.78 Å². The van der Waals surface area contributed by atoms with Crippen LogP contribution in [0.15, 0.2) is 18.2 Å². The molecule has 0 bridgehead atoms. The molecule has 2 N–H and O–H groups in total. The highest BCUT2D eigenvalue weighted by Gasteiger charge is 2.30. The minimum Gasteiger partial charge on any atom is -0.347 e. The Morgan fingerprint density at radius 2 is 1.87 bits per heavy atom. The van der Waals surface area contributed by atoms with Gasteiger partial charge in [-0.3, -0.25) is 9.59 Å². The van der Waals surface area contributed by atoms with Crippen molar-refractivity contribution in [2.45, 2.75) is 39.5 Å². The molecule has 0 saturated heterocycles. The monoisotopic (exact) mass is 324 g/mol. The van der Waals surface area contributed by atoms with Gasteiger partial charge in [0.1, 0.15) is 0 Å². The molecule has 1 aromatic rings. The molecule has 23 heavy (non-hydrogen) atoms. The largest absolute Gasteiger partial charge is 0.347 e. The van der Waals surface area contributed by atoms with Crippen molar-refractivity contribution in [1.82, 2.24) is 5.32 Å². The van der Waals surface area contributed by atoms with Crippen LogP contribution in [-0.2, 0) is 9.59 Å². The number of hydrogen-bond acceptors (Lipinski definition) is 2. The Kier molecular flexibility index (Phi) is 5.34. The zero-order valence-electron chi connectivity index (χ0n) is 13.4. The lowest BCUT2D eigenvalue weighted by atomic mass is 9.72. The summed E-state index contributed by atoms with van der Waals surface area (Å²) in [7, 11) is 0. The molecule has 1 aliphatic carbocycles. The van der Waals surface area contributed by atoms with Crippen molar-refractivity contribution in [3.05, 3.63) is 29.8 Å². The maximum Gasteiger partial charge on any atom is 0.313 e. The highest BCUT2D eigenvalue weighted by molar-refractivity contribution is 6.39. The number of benzene rings is 1. The van der Waals surface area contributed by atoms with Crippen LogP contribution in [0, 0.1) is 23.0 Å². The molecule has 1 aromatic carbocycles. The van der Waals surface area contributed by atoms with E-state index in [-0.39, 0.29) is 11.1 Å². The first-order valence-electron chi connectivity index (χ1n) is 7.84. The molecule has 1 fully saturated rings. The number of halogens is 2. The minimum absolute atomic E-state index is 0.0213. The van der Waals surface area contributed by atoms with Crippen LogP contribution in [0.4, 0.5) is 14.5 Å². The van der Waals surface area contributed by atoms with Crippen molar-refractivity contribution in [2.24, 2.45) is 11.3 Å². The standard InChI is InChI=1S/C17H22F2N2O2/c1-11-6-8-17(2,9-7-11)10-20-15(22)16(23)21-13-5-3-4-12(18)14(13)19/h3-5,11H,6-10H2,1-2H3,(H,20,22)(H,21,23). The smallest absolute Gasteiger partial charge is 0.313 e. The third kappa shape index (κ3) is 4.50. The second-order valence-corrected chi connectivity index (χ2v) is 6.73. The Bertz CT molecular complexity index is 596. The van der Waals surface area contributed by atoms with E-state index in [4.69, 9.17) is 0 Å². The van der Waals surface area contributed by atoms with Gasteiger partial charge in [0.05, 0.1) is 5.69 Å². The van der Waals surface area contributed by atoms with E-state index in [1.165, 1.54) is 12.1 Å². The Morgan fingerprint density at radius 1 is 1.22 bits per heavy atom. The van der Waals surface area contributed by atoms with E-state index in [2.05, 4.69) is 24.5 Å². The molecule has 0 heterocycles. The van der Waals surface area contributed by atoms with Crippen LogP contribution in [0.5, 0.6) is 0 Å². The van der Waals surface area contributed by atoms with Crippen molar-refractivity contribution in [2.75, 3.05) is 11.9 Å². The molecule has 2 amide bonds. The van der Waals surface area contributed by atoms with Gasteiger partial charge in [0.15, 0.2) is 11.6 Å². The van der Waals surface area contributed by atoms with Crippen LogP contribution in [0.1, 0.15) is 39.5 Å². The van der Waals surface area contributed by atoms with Gasteiger partial charge in [-0.15, -0.1) is 0 Å². The van der Waals surface area contributed by atoms with Gasteiger partial charge in [0.25, 0.3) is 0 Å². The van der Waals surface area contributed by atoms with Crippen LogP contribution < -0.4 is 10.6 Å². The molecule has 6 heteroatoms. The topological polar surface area (TPSA) is 58.2 Å². The van der Waals surface area contributed by atoms with E-state index in [9.17, 15) is 18.4 Å². The van der Waals surface area contributed by atoms with Gasteiger partial charge >= 0.3 is 11.8 Å². The lowest BCUT2D eigenvalue weighted by Crippen LogP contribution is -2.42. The van der Waals surface area contributed by atoms with E-state index in [0.717, 1.165) is 31.7 Å². The molecule has 2 rings (SSSR count). The highest BCUT2D eigenvalue weighted by atomic mass is 19.2. The number of amides is 2. The lowest BCUT2D eigenvalue weighted by Gasteiger charge is -2.36.